The Morgan fingerprint density at radius 1 is 1.56 bits per heavy atom. The van der Waals surface area contributed by atoms with Crippen LogP contribution in [-0.2, 0) is 6.54 Å². The molecule has 0 radical (unpaired) electrons. The second-order valence-electron chi connectivity index (χ2n) is 3.96. The second-order valence-corrected chi connectivity index (χ2v) is 3.96. The number of aliphatic hydroxyl groups excluding tert-OH is 1. The smallest absolute Gasteiger partial charge is 0.203 e. The molecule has 2 N–H and O–H groups in total. The van der Waals surface area contributed by atoms with E-state index in [0.29, 0.717) is 30.5 Å². The summed E-state index contributed by atoms with van der Waals surface area (Å²) in [5.74, 6) is 1.32. The first-order valence-corrected chi connectivity index (χ1v) is 5.55. The molecule has 0 aliphatic heterocycles. The summed E-state index contributed by atoms with van der Waals surface area (Å²) in [4.78, 5) is 0. The van der Waals surface area contributed by atoms with E-state index in [4.69, 9.17) is 9.68 Å². The molecule has 0 fully saturated rings. The van der Waals surface area contributed by atoms with E-state index in [1.807, 2.05) is 13.0 Å². The molecule has 1 aromatic rings. The van der Waals surface area contributed by atoms with E-state index >= 15 is 0 Å². The average Bonchev–Trinajstić information content (AvgIpc) is 2.75. The van der Waals surface area contributed by atoms with Crippen molar-refractivity contribution in [1.82, 2.24) is 5.32 Å². The van der Waals surface area contributed by atoms with E-state index in [0.717, 1.165) is 6.42 Å². The number of hydrogen-bond donors (Lipinski definition) is 2. The molecule has 0 amide bonds. The van der Waals surface area contributed by atoms with Gasteiger partial charge in [-0.05, 0) is 18.1 Å². The van der Waals surface area contributed by atoms with E-state index in [2.05, 4.69) is 12.2 Å². The van der Waals surface area contributed by atoms with Crippen LogP contribution in [0.3, 0.4) is 0 Å². The topological polar surface area (TPSA) is 69.2 Å². The van der Waals surface area contributed by atoms with Gasteiger partial charge in [-0.1, -0.05) is 20.3 Å². The Hall–Kier alpha value is -1.31. The fraction of sp³-hybridized carbons (Fsp3) is 0.583. The third-order valence-electron chi connectivity index (χ3n) is 2.73. The largest absolute Gasteiger partial charge is 0.449 e. The van der Waals surface area contributed by atoms with Crippen LogP contribution in [0, 0.1) is 17.2 Å². The fourth-order valence-corrected chi connectivity index (χ4v) is 1.35. The summed E-state index contributed by atoms with van der Waals surface area (Å²) in [7, 11) is 0. The second kappa shape index (κ2) is 6.31. The Kier molecular flexibility index (Phi) is 5.03. The predicted octanol–water partition coefficient (Wildman–Crippen LogP) is 1.65. The molecule has 1 aromatic heterocycles. The molecule has 0 spiro atoms. The van der Waals surface area contributed by atoms with Crippen molar-refractivity contribution in [3.8, 4) is 6.07 Å². The van der Waals surface area contributed by atoms with Crippen molar-refractivity contribution in [3.05, 3.63) is 23.7 Å². The summed E-state index contributed by atoms with van der Waals surface area (Å²) >= 11 is 0. The van der Waals surface area contributed by atoms with Crippen LogP contribution in [0.5, 0.6) is 0 Å². The highest BCUT2D eigenvalue weighted by atomic mass is 16.3. The van der Waals surface area contributed by atoms with Crippen molar-refractivity contribution in [3.63, 3.8) is 0 Å². The molecule has 0 saturated carbocycles. The molecule has 4 nitrogen and oxygen atoms in total. The Morgan fingerprint density at radius 2 is 2.31 bits per heavy atom. The van der Waals surface area contributed by atoms with E-state index in [-0.39, 0.29) is 6.10 Å². The molecule has 2 atom stereocenters. The standard InChI is InChI=1S/C12H18N2O2/c1-3-9(2)12(15)8-14-7-11-5-4-10(6-13)16-11/h4-5,9,12,14-15H,3,7-8H2,1-2H3. The lowest BCUT2D eigenvalue weighted by Crippen LogP contribution is -2.31. The maximum atomic E-state index is 9.70. The van der Waals surface area contributed by atoms with Crippen molar-refractivity contribution < 1.29 is 9.52 Å². The summed E-state index contributed by atoms with van der Waals surface area (Å²) in [6, 6.07) is 5.34. The Morgan fingerprint density at radius 3 is 2.88 bits per heavy atom. The average molecular weight is 222 g/mol. The van der Waals surface area contributed by atoms with Crippen molar-refractivity contribution in [2.75, 3.05) is 6.54 Å². The molecule has 0 aromatic carbocycles. The van der Waals surface area contributed by atoms with E-state index in [1.165, 1.54) is 0 Å². The highest BCUT2D eigenvalue weighted by molar-refractivity contribution is 5.18. The molecule has 0 aliphatic rings. The minimum Gasteiger partial charge on any atom is -0.449 e. The fourth-order valence-electron chi connectivity index (χ4n) is 1.35. The summed E-state index contributed by atoms with van der Waals surface area (Å²) < 4.78 is 5.20. The molecule has 0 bridgehead atoms. The van der Waals surface area contributed by atoms with Crippen LogP contribution in [-0.4, -0.2) is 17.8 Å². The third-order valence-corrected chi connectivity index (χ3v) is 2.73. The van der Waals surface area contributed by atoms with E-state index in [9.17, 15) is 5.11 Å². The Bertz CT molecular complexity index is 354. The van der Waals surface area contributed by atoms with Crippen LogP contribution in [0.25, 0.3) is 0 Å². The lowest BCUT2D eigenvalue weighted by Gasteiger charge is -2.17. The number of hydrogen-bond acceptors (Lipinski definition) is 4. The zero-order valence-corrected chi connectivity index (χ0v) is 9.73. The molecule has 1 rings (SSSR count). The molecule has 4 heteroatoms. The van der Waals surface area contributed by atoms with Crippen molar-refractivity contribution in [1.29, 1.82) is 5.26 Å². The monoisotopic (exact) mass is 222 g/mol. The first-order valence-electron chi connectivity index (χ1n) is 5.55. The minimum atomic E-state index is -0.338. The van der Waals surface area contributed by atoms with E-state index in [1.54, 1.807) is 12.1 Å². The molecule has 88 valence electrons. The summed E-state index contributed by atoms with van der Waals surface area (Å²) in [6.07, 6.45) is 0.623. The van der Waals surface area contributed by atoms with Crippen LogP contribution < -0.4 is 5.32 Å². The first-order chi connectivity index (χ1) is 7.67. The summed E-state index contributed by atoms with van der Waals surface area (Å²) in [6.45, 7) is 5.15. The van der Waals surface area contributed by atoms with Crippen molar-refractivity contribution in [2.45, 2.75) is 32.9 Å². The van der Waals surface area contributed by atoms with Crippen molar-refractivity contribution >= 4 is 0 Å². The van der Waals surface area contributed by atoms with Gasteiger partial charge in [-0.2, -0.15) is 5.26 Å². The quantitative estimate of drug-likeness (QED) is 0.767. The van der Waals surface area contributed by atoms with Crippen LogP contribution >= 0.6 is 0 Å². The van der Waals surface area contributed by atoms with Crippen LogP contribution in [0.1, 0.15) is 31.8 Å². The van der Waals surface area contributed by atoms with Gasteiger partial charge in [-0.3, -0.25) is 0 Å². The highest BCUT2D eigenvalue weighted by Crippen LogP contribution is 2.08. The minimum absolute atomic E-state index is 0.291. The van der Waals surface area contributed by atoms with Gasteiger partial charge >= 0.3 is 0 Å². The zero-order valence-electron chi connectivity index (χ0n) is 9.73. The highest BCUT2D eigenvalue weighted by Gasteiger charge is 2.11. The molecular formula is C12H18N2O2. The normalized spacial score (nSPS) is 14.4. The van der Waals surface area contributed by atoms with Gasteiger partial charge in [-0.25, -0.2) is 0 Å². The molecule has 1 heterocycles. The van der Waals surface area contributed by atoms with Crippen LogP contribution in [0.15, 0.2) is 16.5 Å². The number of nitrogens with one attached hydrogen (secondary N) is 1. The third kappa shape index (κ3) is 3.69. The van der Waals surface area contributed by atoms with Gasteiger partial charge in [0, 0.05) is 6.54 Å². The predicted molar refractivity (Wildman–Crippen MR) is 60.6 cm³/mol. The number of furan rings is 1. The number of aliphatic hydroxyl groups is 1. The molecule has 16 heavy (non-hydrogen) atoms. The molecular weight excluding hydrogens is 204 g/mol. The number of nitrogens with zero attached hydrogens (tertiary/aromatic N) is 1. The van der Waals surface area contributed by atoms with Gasteiger partial charge in [0.25, 0.3) is 0 Å². The lowest BCUT2D eigenvalue weighted by atomic mass is 10.0. The first kappa shape index (κ1) is 12.8. The van der Waals surface area contributed by atoms with Crippen molar-refractivity contribution in [2.24, 2.45) is 5.92 Å². The molecule has 0 saturated heterocycles. The van der Waals surface area contributed by atoms with Gasteiger partial charge in [0.2, 0.25) is 5.76 Å². The molecule has 0 aliphatic carbocycles. The van der Waals surface area contributed by atoms with Gasteiger partial charge in [-0.15, -0.1) is 0 Å². The van der Waals surface area contributed by atoms with Gasteiger partial charge in [0.1, 0.15) is 11.8 Å². The van der Waals surface area contributed by atoms with Gasteiger partial charge < -0.3 is 14.8 Å². The molecule has 2 unspecified atom stereocenters. The summed E-state index contributed by atoms with van der Waals surface area (Å²) in [5.41, 5.74) is 0. The van der Waals surface area contributed by atoms with Crippen LogP contribution in [0.2, 0.25) is 0 Å². The maximum Gasteiger partial charge on any atom is 0.203 e. The summed E-state index contributed by atoms with van der Waals surface area (Å²) in [5, 5.41) is 21.4. The zero-order chi connectivity index (χ0) is 12.0. The van der Waals surface area contributed by atoms with Gasteiger partial charge in [0.15, 0.2) is 0 Å². The van der Waals surface area contributed by atoms with E-state index < -0.39 is 0 Å². The SMILES string of the molecule is CCC(C)C(O)CNCc1ccc(C#N)o1. The Balaban J connectivity index is 2.28. The van der Waals surface area contributed by atoms with Gasteiger partial charge in [0.05, 0.1) is 12.6 Å². The number of rotatable bonds is 6. The number of nitriles is 1. The lowest BCUT2D eigenvalue weighted by molar-refractivity contribution is 0.112. The maximum absolute atomic E-state index is 9.70. The Labute approximate surface area is 95.9 Å². The van der Waals surface area contributed by atoms with Crippen LogP contribution in [0.4, 0.5) is 0 Å².